The number of nitrogens with zero attached hydrogens (tertiary/aromatic N) is 1. The molecule has 0 aliphatic carbocycles. The van der Waals surface area contributed by atoms with Crippen LogP contribution in [0.25, 0.3) is 0 Å². The molecule has 3 nitrogen and oxygen atoms in total. The second-order valence-electron chi connectivity index (χ2n) is 6.68. The number of allylic oxidation sites excluding steroid dienone is 4. The molecule has 0 unspecified atom stereocenters. The van der Waals surface area contributed by atoms with E-state index in [4.69, 9.17) is 4.84 Å². The molecule has 0 aromatic carbocycles. The summed E-state index contributed by atoms with van der Waals surface area (Å²) in [5, 5.41) is 0. The normalized spacial score (nSPS) is 11.4. The molecule has 1 aromatic heterocycles. The molecule has 0 aliphatic heterocycles. The van der Waals surface area contributed by atoms with Crippen molar-refractivity contribution in [1.29, 1.82) is 0 Å². The van der Waals surface area contributed by atoms with Crippen LogP contribution in [0.3, 0.4) is 0 Å². The SMILES string of the molecule is CCCCC/C=C\C/C=C\CCCCCCCC(=O)O[n+]1ccccc1. The Hall–Kier alpha value is -1.90. The summed E-state index contributed by atoms with van der Waals surface area (Å²) in [5.74, 6) is -0.160. The van der Waals surface area contributed by atoms with E-state index in [1.807, 2.05) is 18.2 Å². The predicted molar refractivity (Wildman–Crippen MR) is 108 cm³/mol. The third-order valence-corrected chi connectivity index (χ3v) is 4.23. The molecule has 0 bridgehead atoms. The van der Waals surface area contributed by atoms with Crippen LogP contribution in [0, 0.1) is 0 Å². The molecule has 0 spiro atoms. The Labute approximate surface area is 159 Å². The molecular formula is C23H36NO2+. The Kier molecular flexibility index (Phi) is 14.1. The number of hydrogen-bond acceptors (Lipinski definition) is 2. The summed E-state index contributed by atoms with van der Waals surface area (Å²) >= 11 is 0. The molecule has 1 heterocycles. The molecule has 0 saturated heterocycles. The highest BCUT2D eigenvalue weighted by Gasteiger charge is 2.09. The van der Waals surface area contributed by atoms with Crippen LogP contribution in [0.4, 0.5) is 0 Å². The van der Waals surface area contributed by atoms with Gasteiger partial charge in [-0.1, -0.05) is 69.4 Å². The quantitative estimate of drug-likeness (QED) is 0.227. The molecule has 0 N–H and O–H groups in total. The molecule has 3 heteroatoms. The van der Waals surface area contributed by atoms with Gasteiger partial charge in [-0.05, 0) is 38.5 Å². The number of rotatable bonds is 15. The van der Waals surface area contributed by atoms with Gasteiger partial charge >= 0.3 is 5.97 Å². The molecule has 144 valence electrons. The van der Waals surface area contributed by atoms with Crippen LogP contribution in [-0.4, -0.2) is 5.97 Å². The van der Waals surface area contributed by atoms with Crippen LogP contribution in [0.15, 0.2) is 54.9 Å². The Bertz CT molecular complexity index is 508. The maximum Gasteiger partial charge on any atom is 0.380 e. The molecule has 26 heavy (non-hydrogen) atoms. The smallest absolute Gasteiger partial charge is 0.245 e. The molecule has 0 atom stereocenters. The van der Waals surface area contributed by atoms with E-state index in [9.17, 15) is 4.79 Å². The highest BCUT2D eigenvalue weighted by Crippen LogP contribution is 2.08. The summed E-state index contributed by atoms with van der Waals surface area (Å²) in [5.41, 5.74) is 0. The van der Waals surface area contributed by atoms with Crippen molar-refractivity contribution in [3.8, 4) is 0 Å². The standard InChI is InChI=1S/C23H36NO2/c1-2-3-4-5-6-7-8-9-10-11-12-13-14-15-17-20-23(25)26-24-21-18-16-19-22-24/h6-7,9-10,16,18-19,21-22H,2-5,8,11-15,17,20H2,1H3/q+1/b7-6-,10-9-. The maximum absolute atomic E-state index is 11.7. The number of carbonyl (C=O) groups is 1. The van der Waals surface area contributed by atoms with Crippen LogP contribution in [-0.2, 0) is 4.79 Å². The number of hydrogen-bond donors (Lipinski definition) is 0. The summed E-state index contributed by atoms with van der Waals surface area (Å²) in [6.07, 6.45) is 26.2. The van der Waals surface area contributed by atoms with Crippen molar-refractivity contribution in [2.45, 2.75) is 84.0 Å². The minimum atomic E-state index is -0.160. The van der Waals surface area contributed by atoms with E-state index in [0.29, 0.717) is 6.42 Å². The lowest BCUT2D eigenvalue weighted by atomic mass is 10.1. The molecule has 0 amide bonds. The number of aromatic nitrogens is 1. The van der Waals surface area contributed by atoms with Crippen molar-refractivity contribution in [3.05, 3.63) is 54.9 Å². The van der Waals surface area contributed by atoms with Gasteiger partial charge in [0.15, 0.2) is 0 Å². The largest absolute Gasteiger partial charge is 0.380 e. The molecule has 1 aromatic rings. The lowest BCUT2D eigenvalue weighted by Gasteiger charge is -1.99. The third-order valence-electron chi connectivity index (χ3n) is 4.23. The van der Waals surface area contributed by atoms with Crippen molar-refractivity contribution in [2.24, 2.45) is 0 Å². The fraction of sp³-hybridized carbons (Fsp3) is 0.565. The van der Waals surface area contributed by atoms with Gasteiger partial charge in [0.1, 0.15) is 0 Å². The average Bonchev–Trinajstić information content (AvgIpc) is 2.65. The monoisotopic (exact) mass is 358 g/mol. The highest BCUT2D eigenvalue weighted by molar-refractivity contribution is 5.68. The lowest BCUT2D eigenvalue weighted by Crippen LogP contribution is -2.44. The first kappa shape index (κ1) is 22.1. The Balaban J connectivity index is 1.87. The minimum Gasteiger partial charge on any atom is -0.245 e. The topological polar surface area (TPSA) is 30.2 Å². The van der Waals surface area contributed by atoms with Crippen molar-refractivity contribution in [3.63, 3.8) is 0 Å². The van der Waals surface area contributed by atoms with Gasteiger partial charge in [0, 0.05) is 16.9 Å². The first-order chi connectivity index (χ1) is 12.8. The maximum atomic E-state index is 11.7. The lowest BCUT2D eigenvalue weighted by molar-refractivity contribution is -0.869. The summed E-state index contributed by atoms with van der Waals surface area (Å²) in [7, 11) is 0. The van der Waals surface area contributed by atoms with Crippen LogP contribution in [0.1, 0.15) is 84.0 Å². The van der Waals surface area contributed by atoms with Gasteiger partial charge < -0.3 is 0 Å². The summed E-state index contributed by atoms with van der Waals surface area (Å²) in [6, 6.07) is 5.57. The molecule has 0 fully saturated rings. The first-order valence-electron chi connectivity index (χ1n) is 10.3. The van der Waals surface area contributed by atoms with Gasteiger partial charge in [-0.25, -0.2) is 4.79 Å². The van der Waals surface area contributed by atoms with Crippen molar-refractivity contribution < 1.29 is 14.4 Å². The molecule has 0 radical (unpaired) electrons. The second-order valence-corrected chi connectivity index (χ2v) is 6.68. The Morgan fingerprint density at radius 3 is 2.12 bits per heavy atom. The van der Waals surface area contributed by atoms with E-state index < -0.39 is 0 Å². The highest BCUT2D eigenvalue weighted by atomic mass is 16.7. The van der Waals surface area contributed by atoms with Gasteiger partial charge in [0.05, 0.1) is 6.42 Å². The van der Waals surface area contributed by atoms with Crippen molar-refractivity contribution in [2.75, 3.05) is 0 Å². The Morgan fingerprint density at radius 1 is 0.808 bits per heavy atom. The predicted octanol–water partition coefficient (Wildman–Crippen LogP) is 5.74. The Morgan fingerprint density at radius 2 is 1.42 bits per heavy atom. The van der Waals surface area contributed by atoms with E-state index >= 15 is 0 Å². The molecule has 0 saturated carbocycles. The van der Waals surface area contributed by atoms with Gasteiger partial charge in [0.2, 0.25) is 12.4 Å². The van der Waals surface area contributed by atoms with Gasteiger partial charge in [-0.15, -0.1) is 0 Å². The van der Waals surface area contributed by atoms with E-state index in [1.165, 1.54) is 49.7 Å². The molecular weight excluding hydrogens is 322 g/mol. The van der Waals surface area contributed by atoms with Crippen molar-refractivity contribution >= 4 is 5.97 Å². The van der Waals surface area contributed by atoms with Crippen LogP contribution in [0.5, 0.6) is 0 Å². The van der Waals surface area contributed by atoms with Gasteiger partial charge in [0.25, 0.3) is 0 Å². The van der Waals surface area contributed by atoms with E-state index in [0.717, 1.165) is 25.7 Å². The third kappa shape index (κ3) is 13.4. The van der Waals surface area contributed by atoms with E-state index in [1.54, 1.807) is 12.4 Å². The average molecular weight is 359 g/mol. The van der Waals surface area contributed by atoms with Gasteiger partial charge in [-0.3, -0.25) is 0 Å². The molecule has 0 aliphatic rings. The number of pyridine rings is 1. The van der Waals surface area contributed by atoms with Crippen LogP contribution < -0.4 is 9.57 Å². The zero-order chi connectivity index (χ0) is 18.7. The van der Waals surface area contributed by atoms with E-state index in [2.05, 4.69) is 31.2 Å². The van der Waals surface area contributed by atoms with E-state index in [-0.39, 0.29) is 5.97 Å². The number of carbonyl (C=O) groups excluding carboxylic acids is 1. The summed E-state index contributed by atoms with van der Waals surface area (Å²) in [6.45, 7) is 2.24. The number of unbranched alkanes of at least 4 members (excludes halogenated alkanes) is 8. The van der Waals surface area contributed by atoms with Crippen molar-refractivity contribution in [1.82, 2.24) is 0 Å². The fourth-order valence-corrected chi connectivity index (χ4v) is 2.69. The fourth-order valence-electron chi connectivity index (χ4n) is 2.69. The minimum absolute atomic E-state index is 0.160. The summed E-state index contributed by atoms with van der Waals surface area (Å²) < 4.78 is 1.45. The zero-order valence-electron chi connectivity index (χ0n) is 16.4. The first-order valence-corrected chi connectivity index (χ1v) is 10.3. The zero-order valence-corrected chi connectivity index (χ0v) is 16.4. The second kappa shape index (κ2) is 16.6. The summed E-state index contributed by atoms with van der Waals surface area (Å²) in [4.78, 5) is 16.9. The van der Waals surface area contributed by atoms with Crippen LogP contribution in [0.2, 0.25) is 0 Å². The van der Waals surface area contributed by atoms with Gasteiger partial charge in [-0.2, -0.15) is 4.84 Å². The van der Waals surface area contributed by atoms with Crippen LogP contribution >= 0.6 is 0 Å². The molecule has 1 rings (SSSR count).